The van der Waals surface area contributed by atoms with Crippen molar-refractivity contribution in [3.8, 4) is 0 Å². The predicted octanol–water partition coefficient (Wildman–Crippen LogP) is 4.89. The summed E-state index contributed by atoms with van der Waals surface area (Å²) in [5.41, 5.74) is 3.88. The maximum atomic E-state index is 14.0. The number of hydrogen-bond donors (Lipinski definition) is 1. The molecule has 192 valence electrons. The number of amides is 2. The number of hydrogen-bond acceptors (Lipinski definition) is 5. The Hall–Kier alpha value is -4.07. The molecule has 4 rings (SSSR count). The van der Waals surface area contributed by atoms with Crippen LogP contribution in [0.1, 0.15) is 57.2 Å². The first kappa shape index (κ1) is 26.0. The fourth-order valence-electron chi connectivity index (χ4n) is 4.23. The number of rotatable bonds is 10. The van der Waals surface area contributed by atoms with Crippen molar-refractivity contribution in [1.29, 1.82) is 0 Å². The molecule has 0 aliphatic rings. The van der Waals surface area contributed by atoms with E-state index < -0.39 is 6.04 Å². The van der Waals surface area contributed by atoms with Gasteiger partial charge in [0.25, 0.3) is 0 Å². The Morgan fingerprint density at radius 2 is 1.70 bits per heavy atom. The average molecular weight is 499 g/mol. The van der Waals surface area contributed by atoms with Crippen molar-refractivity contribution in [1.82, 2.24) is 25.3 Å². The van der Waals surface area contributed by atoms with Gasteiger partial charge < -0.3 is 5.32 Å². The number of para-hydroxylation sites is 1. The van der Waals surface area contributed by atoms with Crippen molar-refractivity contribution >= 4 is 28.5 Å². The molecular weight excluding hydrogens is 464 g/mol. The van der Waals surface area contributed by atoms with Crippen LogP contribution in [0.15, 0.2) is 73.1 Å². The molecule has 0 unspecified atom stereocenters. The van der Waals surface area contributed by atoms with Gasteiger partial charge in [-0.2, -0.15) is 0 Å². The molecule has 2 heterocycles. The fraction of sp³-hybridized carbons (Fsp3) is 0.345. The van der Waals surface area contributed by atoms with E-state index in [4.69, 9.17) is 0 Å². The van der Waals surface area contributed by atoms with E-state index in [1.165, 1.54) is 0 Å². The van der Waals surface area contributed by atoms with Gasteiger partial charge in [0.15, 0.2) is 0 Å². The minimum absolute atomic E-state index is 0.0670. The third-order valence-corrected chi connectivity index (χ3v) is 6.34. The molecule has 2 aromatic heterocycles. The highest BCUT2D eigenvalue weighted by atomic mass is 16.2. The van der Waals surface area contributed by atoms with E-state index in [-0.39, 0.29) is 18.4 Å². The highest BCUT2D eigenvalue weighted by Crippen LogP contribution is 2.30. The van der Waals surface area contributed by atoms with Gasteiger partial charge in [0.05, 0.1) is 5.52 Å². The highest BCUT2D eigenvalue weighted by Gasteiger charge is 2.33. The van der Waals surface area contributed by atoms with Gasteiger partial charge in [-0.1, -0.05) is 63.2 Å². The number of carbonyl (C=O) groups is 2. The topological polar surface area (TPSA) is 93.0 Å². The molecule has 0 saturated carbocycles. The zero-order valence-corrected chi connectivity index (χ0v) is 21.8. The molecule has 0 aliphatic heterocycles. The van der Waals surface area contributed by atoms with Crippen molar-refractivity contribution in [2.75, 3.05) is 11.4 Å². The predicted molar refractivity (Wildman–Crippen MR) is 145 cm³/mol. The maximum absolute atomic E-state index is 14.0. The van der Waals surface area contributed by atoms with Gasteiger partial charge in [-0.05, 0) is 54.2 Å². The molecule has 0 aliphatic carbocycles. The molecule has 4 aromatic rings. The first-order valence-electron chi connectivity index (χ1n) is 12.7. The molecule has 2 amide bonds. The summed E-state index contributed by atoms with van der Waals surface area (Å²) in [6, 6.07) is 18.0. The van der Waals surface area contributed by atoms with Crippen molar-refractivity contribution < 1.29 is 9.59 Å². The van der Waals surface area contributed by atoms with Crippen molar-refractivity contribution in [2.24, 2.45) is 5.92 Å². The van der Waals surface area contributed by atoms with Gasteiger partial charge in [0.2, 0.25) is 11.8 Å². The molecule has 0 fully saturated rings. The van der Waals surface area contributed by atoms with Crippen LogP contribution in [-0.2, 0) is 16.1 Å². The SMILES string of the molecule is CC(C)CCNC(=O)[C@H](c1cccnc1)N(C(=O)Cn1nnc2ccccc21)c1ccc(C(C)C)cc1. The van der Waals surface area contributed by atoms with Gasteiger partial charge >= 0.3 is 0 Å². The van der Waals surface area contributed by atoms with Crippen molar-refractivity contribution in [3.05, 3.63) is 84.2 Å². The Morgan fingerprint density at radius 1 is 0.946 bits per heavy atom. The van der Waals surface area contributed by atoms with Crippen LogP contribution in [0.2, 0.25) is 0 Å². The molecule has 0 saturated heterocycles. The van der Waals surface area contributed by atoms with Gasteiger partial charge in [0.1, 0.15) is 18.1 Å². The summed E-state index contributed by atoms with van der Waals surface area (Å²) in [5, 5.41) is 11.4. The first-order chi connectivity index (χ1) is 17.8. The lowest BCUT2D eigenvalue weighted by atomic mass is 10.0. The van der Waals surface area contributed by atoms with Gasteiger partial charge in [-0.3, -0.25) is 19.5 Å². The van der Waals surface area contributed by atoms with Crippen molar-refractivity contribution in [2.45, 2.75) is 52.6 Å². The molecule has 0 bridgehead atoms. The molecule has 8 nitrogen and oxygen atoms in total. The zero-order valence-electron chi connectivity index (χ0n) is 21.8. The van der Waals surface area contributed by atoms with E-state index in [0.29, 0.717) is 35.1 Å². The summed E-state index contributed by atoms with van der Waals surface area (Å²) in [5.74, 6) is 0.256. The highest BCUT2D eigenvalue weighted by molar-refractivity contribution is 6.01. The lowest BCUT2D eigenvalue weighted by Gasteiger charge is -2.31. The Bertz CT molecular complexity index is 1330. The Labute approximate surface area is 217 Å². The van der Waals surface area contributed by atoms with E-state index in [0.717, 1.165) is 17.5 Å². The van der Waals surface area contributed by atoms with Crippen LogP contribution in [0.3, 0.4) is 0 Å². The lowest BCUT2D eigenvalue weighted by Crippen LogP contribution is -2.45. The number of anilines is 1. The summed E-state index contributed by atoms with van der Waals surface area (Å²) in [6.07, 6.45) is 4.14. The maximum Gasteiger partial charge on any atom is 0.249 e. The largest absolute Gasteiger partial charge is 0.354 e. The van der Waals surface area contributed by atoms with Gasteiger partial charge in [0, 0.05) is 30.2 Å². The molecule has 2 aromatic carbocycles. The second kappa shape index (κ2) is 11.8. The van der Waals surface area contributed by atoms with Crippen LogP contribution in [-0.4, -0.2) is 38.3 Å². The number of benzene rings is 2. The number of carbonyl (C=O) groups excluding carboxylic acids is 2. The Kier molecular flexibility index (Phi) is 8.28. The number of fused-ring (bicyclic) bond motifs is 1. The summed E-state index contributed by atoms with van der Waals surface area (Å²) >= 11 is 0. The summed E-state index contributed by atoms with van der Waals surface area (Å²) < 4.78 is 1.57. The summed E-state index contributed by atoms with van der Waals surface area (Å²) in [4.78, 5) is 33.5. The minimum Gasteiger partial charge on any atom is -0.354 e. The van der Waals surface area contributed by atoms with Crippen molar-refractivity contribution in [3.63, 3.8) is 0 Å². The van der Waals surface area contributed by atoms with Gasteiger partial charge in [-0.15, -0.1) is 5.10 Å². The monoisotopic (exact) mass is 498 g/mol. The fourth-order valence-corrected chi connectivity index (χ4v) is 4.23. The lowest BCUT2D eigenvalue weighted by molar-refractivity contribution is -0.127. The summed E-state index contributed by atoms with van der Waals surface area (Å²) in [7, 11) is 0. The number of aromatic nitrogens is 4. The van der Waals surface area contributed by atoms with Gasteiger partial charge in [-0.25, -0.2) is 4.68 Å². The number of nitrogens with one attached hydrogen (secondary N) is 1. The number of pyridine rings is 1. The van der Waals surface area contributed by atoms with Crippen LogP contribution in [0.4, 0.5) is 5.69 Å². The quantitative estimate of drug-likeness (QED) is 0.336. The van der Waals surface area contributed by atoms with E-state index in [1.807, 2.05) is 54.6 Å². The molecule has 0 spiro atoms. The minimum atomic E-state index is -0.895. The third kappa shape index (κ3) is 6.20. The number of nitrogens with zero attached hydrogens (tertiary/aromatic N) is 5. The zero-order chi connectivity index (χ0) is 26.4. The second-order valence-electron chi connectivity index (χ2n) is 9.91. The molecular formula is C29H34N6O2. The molecule has 0 radical (unpaired) electrons. The van der Waals surface area contributed by atoms with Crippen LogP contribution >= 0.6 is 0 Å². The molecule has 37 heavy (non-hydrogen) atoms. The molecule has 1 atom stereocenters. The average Bonchev–Trinajstić information content (AvgIpc) is 3.30. The standard InChI is InChI=1S/C29H34N6O2/c1-20(2)15-17-31-29(37)28(23-8-7-16-30-18-23)35(24-13-11-22(12-14-24)21(3)4)27(36)19-34-26-10-6-5-9-25(26)32-33-34/h5-14,16,18,20-21,28H,15,17,19H2,1-4H3,(H,31,37)/t28-/m0/s1. The van der Waals surface area contributed by atoms with Crippen LogP contribution in [0.5, 0.6) is 0 Å². The van der Waals surface area contributed by atoms with Crippen LogP contribution in [0, 0.1) is 5.92 Å². The molecule has 1 N–H and O–H groups in total. The van der Waals surface area contributed by atoms with Crippen LogP contribution in [0.25, 0.3) is 11.0 Å². The Balaban J connectivity index is 1.75. The third-order valence-electron chi connectivity index (χ3n) is 6.34. The Morgan fingerprint density at radius 3 is 2.38 bits per heavy atom. The van der Waals surface area contributed by atoms with E-state index in [9.17, 15) is 9.59 Å². The second-order valence-corrected chi connectivity index (χ2v) is 9.91. The van der Waals surface area contributed by atoms with E-state index in [2.05, 4.69) is 48.3 Å². The summed E-state index contributed by atoms with van der Waals surface area (Å²) in [6.45, 7) is 8.92. The normalized spacial score (nSPS) is 12.2. The molecule has 8 heteroatoms. The first-order valence-corrected chi connectivity index (χ1v) is 12.7. The van der Waals surface area contributed by atoms with E-state index in [1.54, 1.807) is 28.0 Å². The smallest absolute Gasteiger partial charge is 0.249 e. The van der Waals surface area contributed by atoms with Crippen LogP contribution < -0.4 is 10.2 Å². The van der Waals surface area contributed by atoms with E-state index >= 15 is 0 Å².